The average molecular weight is 331 g/mol. The fourth-order valence-corrected chi connectivity index (χ4v) is 2.44. The van der Waals surface area contributed by atoms with E-state index in [1.165, 1.54) is 30.7 Å². The highest BCUT2D eigenvalue weighted by Crippen LogP contribution is 2.37. The molecule has 2 aromatic rings. The first-order chi connectivity index (χ1) is 9.75. The Morgan fingerprint density at radius 1 is 1.10 bits per heavy atom. The van der Waals surface area contributed by atoms with Crippen molar-refractivity contribution in [3.8, 4) is 5.69 Å². The summed E-state index contributed by atoms with van der Waals surface area (Å²) in [5.41, 5.74) is 0.218. The number of benzene rings is 1. The van der Waals surface area contributed by atoms with Crippen molar-refractivity contribution in [1.29, 1.82) is 0 Å². The lowest BCUT2D eigenvalue weighted by Gasteiger charge is -2.07. The highest BCUT2D eigenvalue weighted by atomic mass is 35.5. The highest BCUT2D eigenvalue weighted by molar-refractivity contribution is 6.44. The van der Waals surface area contributed by atoms with Crippen LogP contribution >= 0.6 is 23.2 Å². The summed E-state index contributed by atoms with van der Waals surface area (Å²) in [5.74, 6) is 0. The Bertz CT molecular complexity index is 772. The van der Waals surface area contributed by atoms with Crippen molar-refractivity contribution in [3.63, 3.8) is 0 Å². The van der Waals surface area contributed by atoms with E-state index < -0.39 is 9.85 Å². The van der Waals surface area contributed by atoms with E-state index in [0.29, 0.717) is 0 Å². The minimum absolute atomic E-state index is 0.0913. The monoisotopic (exact) mass is 330 g/mol. The van der Waals surface area contributed by atoms with Crippen LogP contribution in [0.3, 0.4) is 0 Å². The van der Waals surface area contributed by atoms with E-state index in [9.17, 15) is 20.2 Å². The second kappa shape index (κ2) is 5.30. The van der Waals surface area contributed by atoms with Crippen LogP contribution in [0.4, 0.5) is 11.4 Å². The van der Waals surface area contributed by atoms with Crippen LogP contribution in [-0.2, 0) is 0 Å². The molecule has 0 fully saturated rings. The zero-order valence-electron chi connectivity index (χ0n) is 10.8. The number of halogens is 2. The molecule has 1 aromatic heterocycles. The standard InChI is InChI=1S/C11H8Cl2N4O4/c1-5-11(17(20)21)6(2)15(14-5)7-3-4-8(16(18)19)10(13)9(7)12/h3-4H,1-2H3. The molecule has 10 heteroatoms. The van der Waals surface area contributed by atoms with Gasteiger partial charge in [-0.1, -0.05) is 23.2 Å². The molecule has 0 radical (unpaired) electrons. The summed E-state index contributed by atoms with van der Waals surface area (Å²) < 4.78 is 1.24. The molecule has 110 valence electrons. The van der Waals surface area contributed by atoms with Crippen molar-refractivity contribution in [1.82, 2.24) is 9.78 Å². The smallest absolute Gasteiger partial charge is 0.258 e. The number of nitrogens with zero attached hydrogens (tertiary/aromatic N) is 4. The predicted molar refractivity (Wildman–Crippen MR) is 76.4 cm³/mol. The second-order valence-electron chi connectivity index (χ2n) is 4.18. The lowest BCUT2D eigenvalue weighted by molar-refractivity contribution is -0.386. The van der Waals surface area contributed by atoms with Crippen LogP contribution < -0.4 is 0 Å². The van der Waals surface area contributed by atoms with Crippen LogP contribution in [0.15, 0.2) is 12.1 Å². The van der Waals surface area contributed by atoms with E-state index in [4.69, 9.17) is 23.2 Å². The van der Waals surface area contributed by atoms with Crippen molar-refractivity contribution < 1.29 is 9.85 Å². The third-order valence-corrected chi connectivity index (χ3v) is 3.76. The number of nitro benzene ring substituents is 1. The number of hydrogen-bond donors (Lipinski definition) is 0. The van der Waals surface area contributed by atoms with Gasteiger partial charge in [-0.25, -0.2) is 4.68 Å². The van der Waals surface area contributed by atoms with E-state index >= 15 is 0 Å². The first-order valence-corrected chi connectivity index (χ1v) is 6.34. The average Bonchev–Trinajstić information content (AvgIpc) is 2.67. The first kappa shape index (κ1) is 15.2. The van der Waals surface area contributed by atoms with Gasteiger partial charge in [0.1, 0.15) is 16.4 Å². The minimum atomic E-state index is -0.665. The van der Waals surface area contributed by atoms with Gasteiger partial charge in [-0.3, -0.25) is 20.2 Å². The Morgan fingerprint density at radius 2 is 1.71 bits per heavy atom. The van der Waals surface area contributed by atoms with E-state index in [1.54, 1.807) is 0 Å². The van der Waals surface area contributed by atoms with Crippen LogP contribution in [0, 0.1) is 34.1 Å². The molecule has 0 aliphatic carbocycles. The maximum absolute atomic E-state index is 11.0. The van der Waals surface area contributed by atoms with Crippen LogP contribution in [0.1, 0.15) is 11.4 Å². The van der Waals surface area contributed by atoms with E-state index in [1.807, 2.05) is 0 Å². The van der Waals surface area contributed by atoms with Crippen molar-refractivity contribution in [3.05, 3.63) is 53.8 Å². The molecule has 1 aromatic carbocycles. The molecule has 0 amide bonds. The summed E-state index contributed by atoms with van der Waals surface area (Å²) in [5, 5.41) is 25.5. The van der Waals surface area contributed by atoms with Crippen molar-refractivity contribution >= 4 is 34.6 Å². The lowest BCUT2D eigenvalue weighted by Crippen LogP contribution is -2.02. The Balaban J connectivity index is 2.69. The Morgan fingerprint density at radius 3 is 2.19 bits per heavy atom. The topological polar surface area (TPSA) is 104 Å². The molecule has 0 spiro atoms. The third-order valence-electron chi connectivity index (χ3n) is 2.90. The van der Waals surface area contributed by atoms with E-state index in [-0.39, 0.29) is 38.5 Å². The quantitative estimate of drug-likeness (QED) is 0.631. The molecule has 0 atom stereocenters. The van der Waals surface area contributed by atoms with Gasteiger partial charge in [0.15, 0.2) is 0 Å². The van der Waals surface area contributed by atoms with Gasteiger partial charge in [-0.05, 0) is 19.9 Å². The maximum atomic E-state index is 11.0. The number of hydrogen-bond acceptors (Lipinski definition) is 5. The molecule has 0 saturated heterocycles. The van der Waals surface area contributed by atoms with Gasteiger partial charge in [0.2, 0.25) is 0 Å². The van der Waals surface area contributed by atoms with Crippen LogP contribution in [-0.4, -0.2) is 19.6 Å². The summed E-state index contributed by atoms with van der Waals surface area (Å²) in [6.07, 6.45) is 0. The van der Waals surface area contributed by atoms with Gasteiger partial charge in [-0.15, -0.1) is 0 Å². The minimum Gasteiger partial charge on any atom is -0.258 e. The fraction of sp³-hybridized carbons (Fsp3) is 0.182. The summed E-state index contributed by atoms with van der Waals surface area (Å²) in [7, 11) is 0. The largest absolute Gasteiger partial charge is 0.313 e. The zero-order chi connectivity index (χ0) is 15.9. The van der Waals surface area contributed by atoms with Gasteiger partial charge in [-0.2, -0.15) is 5.10 Å². The van der Waals surface area contributed by atoms with E-state index in [2.05, 4.69) is 5.10 Å². The van der Waals surface area contributed by atoms with E-state index in [0.717, 1.165) is 0 Å². The number of nitro groups is 2. The Hall–Kier alpha value is -2.19. The van der Waals surface area contributed by atoms with Crippen molar-refractivity contribution in [2.24, 2.45) is 0 Å². The zero-order valence-corrected chi connectivity index (χ0v) is 12.3. The normalized spacial score (nSPS) is 10.7. The third kappa shape index (κ3) is 2.43. The molecule has 0 saturated carbocycles. The molecule has 1 heterocycles. The molecular formula is C11H8Cl2N4O4. The molecule has 0 unspecified atom stereocenters. The van der Waals surface area contributed by atoms with Crippen molar-refractivity contribution in [2.45, 2.75) is 13.8 Å². The predicted octanol–water partition coefficient (Wildman–Crippen LogP) is 3.61. The molecule has 0 aliphatic heterocycles. The van der Waals surface area contributed by atoms with Gasteiger partial charge < -0.3 is 0 Å². The van der Waals surface area contributed by atoms with Crippen LogP contribution in [0.2, 0.25) is 10.0 Å². The van der Waals surface area contributed by atoms with Gasteiger partial charge in [0.05, 0.1) is 20.6 Å². The molecule has 0 N–H and O–H groups in total. The molecular weight excluding hydrogens is 323 g/mol. The Labute approximate surface area is 128 Å². The number of aryl methyl sites for hydroxylation is 1. The van der Waals surface area contributed by atoms with Crippen LogP contribution in [0.5, 0.6) is 0 Å². The van der Waals surface area contributed by atoms with Gasteiger partial charge in [0, 0.05) is 6.07 Å². The lowest BCUT2D eigenvalue weighted by atomic mass is 10.2. The molecule has 0 bridgehead atoms. The summed E-state index contributed by atoms with van der Waals surface area (Å²) in [6, 6.07) is 2.52. The SMILES string of the molecule is Cc1nn(-c2ccc([N+](=O)[O-])c(Cl)c2Cl)c(C)c1[N+](=O)[O-]. The molecule has 8 nitrogen and oxygen atoms in total. The maximum Gasteiger partial charge on any atom is 0.313 e. The second-order valence-corrected chi connectivity index (χ2v) is 4.93. The Kier molecular flexibility index (Phi) is 3.84. The van der Waals surface area contributed by atoms with Crippen molar-refractivity contribution in [2.75, 3.05) is 0 Å². The first-order valence-electron chi connectivity index (χ1n) is 5.59. The highest BCUT2D eigenvalue weighted by Gasteiger charge is 2.26. The molecule has 21 heavy (non-hydrogen) atoms. The fourth-order valence-electron chi connectivity index (χ4n) is 1.97. The summed E-state index contributed by atoms with van der Waals surface area (Å²) >= 11 is 11.9. The molecule has 2 rings (SSSR count). The molecule has 0 aliphatic rings. The summed E-state index contributed by atoms with van der Waals surface area (Å²) in [6.45, 7) is 2.99. The van der Waals surface area contributed by atoms with Gasteiger partial charge in [0.25, 0.3) is 5.69 Å². The summed E-state index contributed by atoms with van der Waals surface area (Å²) in [4.78, 5) is 20.6. The number of rotatable bonds is 3. The van der Waals surface area contributed by atoms with Gasteiger partial charge >= 0.3 is 5.69 Å². The van der Waals surface area contributed by atoms with Crippen LogP contribution in [0.25, 0.3) is 5.69 Å². The number of aromatic nitrogens is 2.